The molecule has 0 aliphatic carbocycles. The van der Waals surface area contributed by atoms with E-state index in [1.54, 1.807) is 0 Å². The zero-order valence-corrected chi connectivity index (χ0v) is 13.0. The van der Waals surface area contributed by atoms with Crippen LogP contribution >= 0.6 is 11.6 Å². The molecular weight excluding hydrogens is 274 g/mol. The molecule has 20 heavy (non-hydrogen) atoms. The van der Waals surface area contributed by atoms with Crippen LogP contribution < -0.4 is 5.32 Å². The lowest BCUT2D eigenvalue weighted by Crippen LogP contribution is -2.33. The van der Waals surface area contributed by atoms with Crippen molar-refractivity contribution in [2.75, 3.05) is 0 Å². The molecule has 1 unspecified atom stereocenters. The standard InChI is InChI=1S/C15H20ClN3O/c1-9(2)17-13(20)8-19-14-10(3)6-5-7-12(14)18-15(19)11(4)16/h5-7,9,11H,8H2,1-4H3,(H,17,20). The fraction of sp³-hybridized carbons (Fsp3) is 0.467. The first-order valence-corrected chi connectivity index (χ1v) is 7.23. The number of hydrogen-bond acceptors (Lipinski definition) is 2. The Labute approximate surface area is 124 Å². The number of hydrogen-bond donors (Lipinski definition) is 1. The van der Waals surface area contributed by atoms with Crippen molar-refractivity contribution in [3.8, 4) is 0 Å². The van der Waals surface area contributed by atoms with Gasteiger partial charge >= 0.3 is 0 Å². The van der Waals surface area contributed by atoms with Gasteiger partial charge in [-0.2, -0.15) is 0 Å². The van der Waals surface area contributed by atoms with E-state index >= 15 is 0 Å². The fourth-order valence-corrected chi connectivity index (χ4v) is 2.52. The lowest BCUT2D eigenvalue weighted by molar-refractivity contribution is -0.122. The first-order valence-electron chi connectivity index (χ1n) is 6.79. The molecule has 0 fully saturated rings. The van der Waals surface area contributed by atoms with E-state index in [1.807, 2.05) is 50.5 Å². The molecule has 0 saturated carbocycles. The third-order valence-corrected chi connectivity index (χ3v) is 3.30. The second-order valence-electron chi connectivity index (χ2n) is 5.34. The van der Waals surface area contributed by atoms with Gasteiger partial charge in [0.15, 0.2) is 0 Å². The summed E-state index contributed by atoms with van der Waals surface area (Å²) in [6.07, 6.45) is 0. The van der Waals surface area contributed by atoms with E-state index in [0.29, 0.717) is 0 Å². The Morgan fingerprint density at radius 3 is 2.70 bits per heavy atom. The number of halogens is 1. The van der Waals surface area contributed by atoms with Gasteiger partial charge in [0.05, 0.1) is 16.4 Å². The highest BCUT2D eigenvalue weighted by molar-refractivity contribution is 6.20. The largest absolute Gasteiger partial charge is 0.352 e. The van der Waals surface area contributed by atoms with Gasteiger partial charge in [-0.25, -0.2) is 4.98 Å². The monoisotopic (exact) mass is 293 g/mol. The highest BCUT2D eigenvalue weighted by atomic mass is 35.5. The predicted octanol–water partition coefficient (Wildman–Crippen LogP) is 3.17. The smallest absolute Gasteiger partial charge is 0.240 e. The molecule has 0 spiro atoms. The van der Waals surface area contributed by atoms with Crippen molar-refractivity contribution in [3.05, 3.63) is 29.6 Å². The minimum atomic E-state index is -0.242. The van der Waals surface area contributed by atoms with Crippen molar-refractivity contribution in [1.82, 2.24) is 14.9 Å². The van der Waals surface area contributed by atoms with Crippen LogP contribution in [0.1, 0.15) is 37.5 Å². The Hall–Kier alpha value is -1.55. The maximum atomic E-state index is 12.0. The maximum absolute atomic E-state index is 12.0. The summed E-state index contributed by atoms with van der Waals surface area (Å²) in [6, 6.07) is 6.05. The number of amides is 1. The lowest BCUT2D eigenvalue weighted by Gasteiger charge is -2.13. The lowest BCUT2D eigenvalue weighted by atomic mass is 10.2. The van der Waals surface area contributed by atoms with Crippen molar-refractivity contribution in [2.45, 2.75) is 45.7 Å². The number of rotatable bonds is 4. The first kappa shape index (κ1) is 14.9. The van der Waals surface area contributed by atoms with Crippen LogP contribution in [0.5, 0.6) is 0 Å². The Balaban J connectivity index is 2.48. The molecule has 1 N–H and O–H groups in total. The summed E-state index contributed by atoms with van der Waals surface area (Å²) in [5, 5.41) is 2.66. The first-order chi connectivity index (χ1) is 9.40. The van der Waals surface area contributed by atoms with Crippen molar-refractivity contribution in [1.29, 1.82) is 0 Å². The minimum Gasteiger partial charge on any atom is -0.352 e. The van der Waals surface area contributed by atoms with Crippen molar-refractivity contribution in [3.63, 3.8) is 0 Å². The molecule has 0 bridgehead atoms. The molecule has 0 aliphatic rings. The van der Waals surface area contributed by atoms with Gasteiger partial charge in [0.25, 0.3) is 0 Å². The minimum absolute atomic E-state index is 0.0267. The van der Waals surface area contributed by atoms with Gasteiger partial charge in [-0.15, -0.1) is 11.6 Å². The summed E-state index contributed by atoms with van der Waals surface area (Å²) in [5.74, 6) is 0.705. The van der Waals surface area contributed by atoms with E-state index in [1.165, 1.54) is 0 Å². The average molecular weight is 294 g/mol. The summed E-state index contributed by atoms with van der Waals surface area (Å²) in [5.41, 5.74) is 2.95. The van der Waals surface area contributed by atoms with E-state index in [4.69, 9.17) is 11.6 Å². The Morgan fingerprint density at radius 2 is 2.10 bits per heavy atom. The Bertz CT molecular complexity index is 631. The summed E-state index contributed by atoms with van der Waals surface area (Å²) in [4.78, 5) is 16.6. The van der Waals surface area contributed by atoms with Crippen molar-refractivity contribution >= 4 is 28.5 Å². The second-order valence-corrected chi connectivity index (χ2v) is 5.99. The number of aryl methyl sites for hydroxylation is 1. The van der Waals surface area contributed by atoms with E-state index in [2.05, 4.69) is 10.3 Å². The highest BCUT2D eigenvalue weighted by Gasteiger charge is 2.18. The number of fused-ring (bicyclic) bond motifs is 1. The molecule has 0 radical (unpaired) electrons. The SMILES string of the molecule is Cc1cccc2nc(C(C)Cl)n(CC(=O)NC(C)C)c12. The number of carbonyl (C=O) groups is 1. The van der Waals surface area contributed by atoms with Crippen molar-refractivity contribution in [2.24, 2.45) is 0 Å². The molecule has 1 aromatic carbocycles. The van der Waals surface area contributed by atoms with Crippen LogP contribution in [0.3, 0.4) is 0 Å². The van der Waals surface area contributed by atoms with Crippen LogP contribution in [0, 0.1) is 6.92 Å². The molecule has 5 heteroatoms. The van der Waals surface area contributed by atoms with E-state index in [-0.39, 0.29) is 23.9 Å². The van der Waals surface area contributed by atoms with Crippen LogP contribution in [0.4, 0.5) is 0 Å². The second kappa shape index (κ2) is 5.83. The van der Waals surface area contributed by atoms with Crippen LogP contribution in [-0.2, 0) is 11.3 Å². The van der Waals surface area contributed by atoms with Crippen molar-refractivity contribution < 1.29 is 4.79 Å². The zero-order chi connectivity index (χ0) is 14.9. The van der Waals surface area contributed by atoms with E-state index in [0.717, 1.165) is 22.4 Å². The van der Waals surface area contributed by atoms with Crippen LogP contribution in [0.15, 0.2) is 18.2 Å². The molecule has 2 aromatic rings. The third-order valence-electron chi connectivity index (χ3n) is 3.11. The number of alkyl halides is 1. The average Bonchev–Trinajstić information content (AvgIpc) is 2.68. The van der Waals surface area contributed by atoms with Crippen LogP contribution in [0.25, 0.3) is 11.0 Å². The summed E-state index contributed by atoms with van der Waals surface area (Å²) in [7, 11) is 0. The predicted molar refractivity (Wildman–Crippen MR) is 82.0 cm³/mol. The van der Waals surface area contributed by atoms with E-state index < -0.39 is 0 Å². The quantitative estimate of drug-likeness (QED) is 0.880. The molecule has 108 valence electrons. The third kappa shape index (κ3) is 2.96. The van der Waals surface area contributed by atoms with Gasteiger partial charge in [0.2, 0.25) is 5.91 Å². The summed E-state index contributed by atoms with van der Waals surface area (Å²) >= 11 is 6.21. The number of nitrogens with zero attached hydrogens (tertiary/aromatic N) is 2. The van der Waals surface area contributed by atoms with Crippen LogP contribution in [-0.4, -0.2) is 21.5 Å². The molecule has 1 amide bonds. The van der Waals surface area contributed by atoms with E-state index in [9.17, 15) is 4.79 Å². The number of para-hydroxylation sites is 1. The summed E-state index contributed by atoms with van der Waals surface area (Å²) < 4.78 is 1.92. The number of aromatic nitrogens is 2. The molecule has 0 aliphatic heterocycles. The number of benzene rings is 1. The zero-order valence-electron chi connectivity index (χ0n) is 12.3. The molecule has 1 heterocycles. The van der Waals surface area contributed by atoms with Gasteiger partial charge in [0.1, 0.15) is 12.4 Å². The molecule has 0 saturated heterocycles. The normalized spacial score (nSPS) is 12.9. The summed E-state index contributed by atoms with van der Waals surface area (Å²) in [6.45, 7) is 8.02. The Kier molecular flexibility index (Phi) is 4.33. The van der Waals surface area contributed by atoms with Gasteiger partial charge in [-0.1, -0.05) is 12.1 Å². The molecule has 1 aromatic heterocycles. The number of imidazole rings is 1. The van der Waals surface area contributed by atoms with Gasteiger partial charge in [-0.3, -0.25) is 4.79 Å². The number of nitrogens with one attached hydrogen (secondary N) is 1. The highest BCUT2D eigenvalue weighted by Crippen LogP contribution is 2.26. The van der Waals surface area contributed by atoms with Gasteiger partial charge in [0, 0.05) is 6.04 Å². The molecule has 2 rings (SSSR count). The fourth-order valence-electron chi connectivity index (χ4n) is 2.36. The van der Waals surface area contributed by atoms with Gasteiger partial charge in [-0.05, 0) is 39.3 Å². The van der Waals surface area contributed by atoms with Crippen LogP contribution in [0.2, 0.25) is 0 Å². The number of carbonyl (C=O) groups excluding carboxylic acids is 1. The maximum Gasteiger partial charge on any atom is 0.240 e. The molecule has 1 atom stereocenters. The van der Waals surface area contributed by atoms with Gasteiger partial charge < -0.3 is 9.88 Å². The molecule has 4 nitrogen and oxygen atoms in total. The Morgan fingerprint density at radius 1 is 1.40 bits per heavy atom. The topological polar surface area (TPSA) is 46.9 Å². The molecular formula is C15H20ClN3O.